The standard InChI is InChI=1S/C9H12N2O3S/c1-6-4-8(12)11-9(10-6)7-2-3-15(13,14)5-7/h4,7H,2-3,5H2,1H3,(H,10,11,12). The van der Waals surface area contributed by atoms with Gasteiger partial charge in [-0.15, -0.1) is 0 Å². The van der Waals surface area contributed by atoms with E-state index in [-0.39, 0.29) is 23.0 Å². The molecule has 0 aromatic carbocycles. The molecule has 2 rings (SSSR count). The molecule has 2 heterocycles. The van der Waals surface area contributed by atoms with Crippen molar-refractivity contribution in [1.82, 2.24) is 9.97 Å². The highest BCUT2D eigenvalue weighted by Gasteiger charge is 2.30. The summed E-state index contributed by atoms with van der Waals surface area (Å²) in [6, 6.07) is 1.40. The van der Waals surface area contributed by atoms with E-state index in [2.05, 4.69) is 9.97 Å². The van der Waals surface area contributed by atoms with Crippen molar-refractivity contribution in [2.24, 2.45) is 0 Å². The molecule has 0 spiro atoms. The highest BCUT2D eigenvalue weighted by molar-refractivity contribution is 7.91. The van der Waals surface area contributed by atoms with Crippen LogP contribution >= 0.6 is 0 Å². The van der Waals surface area contributed by atoms with Crippen molar-refractivity contribution in [2.75, 3.05) is 11.5 Å². The summed E-state index contributed by atoms with van der Waals surface area (Å²) in [6.45, 7) is 1.72. The summed E-state index contributed by atoms with van der Waals surface area (Å²) in [5, 5.41) is 0. The highest BCUT2D eigenvalue weighted by Crippen LogP contribution is 2.25. The number of H-pyrrole nitrogens is 1. The van der Waals surface area contributed by atoms with Crippen molar-refractivity contribution in [3.05, 3.63) is 27.9 Å². The van der Waals surface area contributed by atoms with Crippen LogP contribution in [0.15, 0.2) is 10.9 Å². The fraction of sp³-hybridized carbons (Fsp3) is 0.556. The first kappa shape index (κ1) is 10.4. The largest absolute Gasteiger partial charge is 0.310 e. The van der Waals surface area contributed by atoms with Crippen LogP contribution in [0.4, 0.5) is 0 Å². The summed E-state index contributed by atoms with van der Waals surface area (Å²) in [6.07, 6.45) is 0.550. The average Bonchev–Trinajstić information content (AvgIpc) is 2.44. The van der Waals surface area contributed by atoms with Gasteiger partial charge in [0.2, 0.25) is 0 Å². The summed E-state index contributed by atoms with van der Waals surface area (Å²) in [5.74, 6) is 0.637. The van der Waals surface area contributed by atoms with Crippen LogP contribution in [0.1, 0.15) is 23.9 Å². The number of aryl methyl sites for hydroxylation is 1. The molecule has 1 N–H and O–H groups in total. The van der Waals surface area contributed by atoms with Crippen LogP contribution in [0, 0.1) is 6.92 Å². The Morgan fingerprint density at radius 2 is 2.27 bits per heavy atom. The molecule has 0 saturated carbocycles. The lowest BCUT2D eigenvalue weighted by Crippen LogP contribution is -2.15. The predicted octanol–water partition coefficient (Wildman–Crippen LogP) is -0.0196. The molecule has 1 atom stereocenters. The van der Waals surface area contributed by atoms with Crippen molar-refractivity contribution in [3.63, 3.8) is 0 Å². The molecule has 0 amide bonds. The van der Waals surface area contributed by atoms with E-state index in [1.807, 2.05) is 0 Å². The molecule has 5 nitrogen and oxygen atoms in total. The molecular formula is C9H12N2O3S. The number of nitrogens with zero attached hydrogens (tertiary/aromatic N) is 1. The molecule has 15 heavy (non-hydrogen) atoms. The van der Waals surface area contributed by atoms with E-state index in [4.69, 9.17) is 0 Å². The van der Waals surface area contributed by atoms with E-state index in [1.54, 1.807) is 6.92 Å². The third-order valence-electron chi connectivity index (χ3n) is 2.51. The van der Waals surface area contributed by atoms with Gasteiger partial charge >= 0.3 is 0 Å². The minimum atomic E-state index is -2.93. The molecule has 0 bridgehead atoms. The van der Waals surface area contributed by atoms with Crippen LogP contribution in [-0.2, 0) is 9.84 Å². The summed E-state index contributed by atoms with van der Waals surface area (Å²) in [7, 11) is -2.93. The van der Waals surface area contributed by atoms with Crippen LogP contribution in [0.2, 0.25) is 0 Å². The van der Waals surface area contributed by atoms with Gasteiger partial charge in [-0.2, -0.15) is 0 Å². The maximum absolute atomic E-state index is 11.3. The maximum atomic E-state index is 11.3. The predicted molar refractivity (Wildman–Crippen MR) is 55.6 cm³/mol. The number of hydrogen-bond acceptors (Lipinski definition) is 4. The van der Waals surface area contributed by atoms with E-state index >= 15 is 0 Å². The number of nitrogens with one attached hydrogen (secondary N) is 1. The van der Waals surface area contributed by atoms with Crippen molar-refractivity contribution in [1.29, 1.82) is 0 Å². The summed E-state index contributed by atoms with van der Waals surface area (Å²) < 4.78 is 22.5. The molecule has 1 fully saturated rings. The molecule has 0 radical (unpaired) electrons. The monoisotopic (exact) mass is 228 g/mol. The van der Waals surface area contributed by atoms with Crippen LogP contribution < -0.4 is 5.56 Å². The first-order valence-electron chi connectivity index (χ1n) is 4.74. The molecule has 1 aliphatic heterocycles. The van der Waals surface area contributed by atoms with Crippen LogP contribution in [0.5, 0.6) is 0 Å². The van der Waals surface area contributed by atoms with E-state index < -0.39 is 9.84 Å². The van der Waals surface area contributed by atoms with E-state index in [9.17, 15) is 13.2 Å². The van der Waals surface area contributed by atoms with Gasteiger partial charge in [0.1, 0.15) is 5.82 Å². The second kappa shape index (κ2) is 3.44. The number of sulfone groups is 1. The van der Waals surface area contributed by atoms with Gasteiger partial charge in [-0.1, -0.05) is 0 Å². The summed E-state index contributed by atoms with van der Waals surface area (Å²) in [4.78, 5) is 17.9. The molecule has 1 unspecified atom stereocenters. The average molecular weight is 228 g/mol. The van der Waals surface area contributed by atoms with Crippen molar-refractivity contribution < 1.29 is 8.42 Å². The Balaban J connectivity index is 2.36. The molecule has 82 valence electrons. The second-order valence-electron chi connectivity index (χ2n) is 3.87. The van der Waals surface area contributed by atoms with Crippen LogP contribution in [0.25, 0.3) is 0 Å². The Bertz CT molecular complexity index is 533. The quantitative estimate of drug-likeness (QED) is 0.732. The fourth-order valence-electron chi connectivity index (χ4n) is 1.81. The SMILES string of the molecule is Cc1cc(=O)[nH]c(C2CCS(=O)(=O)C2)n1. The minimum absolute atomic E-state index is 0.0966. The number of aromatic amines is 1. The third kappa shape index (κ3) is 2.26. The van der Waals surface area contributed by atoms with Crippen molar-refractivity contribution in [2.45, 2.75) is 19.3 Å². The molecule has 1 aliphatic rings. The molecule has 0 aliphatic carbocycles. The van der Waals surface area contributed by atoms with Gasteiger partial charge in [0.15, 0.2) is 9.84 Å². The Labute approximate surface area is 87.5 Å². The lowest BCUT2D eigenvalue weighted by Gasteiger charge is -2.06. The van der Waals surface area contributed by atoms with Gasteiger partial charge in [-0.3, -0.25) is 4.79 Å². The van der Waals surface area contributed by atoms with E-state index in [0.717, 1.165) is 0 Å². The van der Waals surface area contributed by atoms with Crippen LogP contribution in [0.3, 0.4) is 0 Å². The molecule has 1 saturated heterocycles. The smallest absolute Gasteiger partial charge is 0.251 e. The van der Waals surface area contributed by atoms with Crippen molar-refractivity contribution in [3.8, 4) is 0 Å². The Hall–Kier alpha value is -1.17. The molecule has 6 heteroatoms. The van der Waals surface area contributed by atoms with Gasteiger partial charge in [-0.25, -0.2) is 13.4 Å². The van der Waals surface area contributed by atoms with Gasteiger partial charge in [0.25, 0.3) is 5.56 Å². The molecular weight excluding hydrogens is 216 g/mol. The Kier molecular flexibility index (Phi) is 2.38. The summed E-state index contributed by atoms with van der Waals surface area (Å²) in [5.41, 5.74) is 0.403. The lowest BCUT2D eigenvalue weighted by atomic mass is 10.1. The van der Waals surface area contributed by atoms with Gasteiger partial charge in [-0.05, 0) is 13.3 Å². The lowest BCUT2D eigenvalue weighted by molar-refractivity contribution is 0.601. The van der Waals surface area contributed by atoms with Crippen molar-refractivity contribution >= 4 is 9.84 Å². The fourth-order valence-corrected chi connectivity index (χ4v) is 3.55. The number of hydrogen-bond donors (Lipinski definition) is 1. The zero-order valence-corrected chi connectivity index (χ0v) is 9.17. The number of rotatable bonds is 1. The minimum Gasteiger partial charge on any atom is -0.310 e. The van der Waals surface area contributed by atoms with Gasteiger partial charge in [0.05, 0.1) is 11.5 Å². The zero-order chi connectivity index (χ0) is 11.1. The third-order valence-corrected chi connectivity index (χ3v) is 4.28. The topological polar surface area (TPSA) is 79.9 Å². The maximum Gasteiger partial charge on any atom is 0.251 e. The highest BCUT2D eigenvalue weighted by atomic mass is 32.2. The Morgan fingerprint density at radius 3 is 2.80 bits per heavy atom. The van der Waals surface area contributed by atoms with E-state index in [0.29, 0.717) is 17.9 Å². The zero-order valence-electron chi connectivity index (χ0n) is 8.36. The first-order chi connectivity index (χ1) is 6.96. The normalized spacial score (nSPS) is 24.2. The number of aromatic nitrogens is 2. The second-order valence-corrected chi connectivity index (χ2v) is 6.10. The Morgan fingerprint density at radius 1 is 1.53 bits per heavy atom. The summed E-state index contributed by atoms with van der Waals surface area (Å²) >= 11 is 0. The van der Waals surface area contributed by atoms with Crippen LogP contribution in [-0.4, -0.2) is 29.9 Å². The van der Waals surface area contributed by atoms with Gasteiger partial charge in [0, 0.05) is 17.7 Å². The first-order valence-corrected chi connectivity index (χ1v) is 6.57. The van der Waals surface area contributed by atoms with E-state index in [1.165, 1.54) is 6.07 Å². The molecule has 1 aromatic heterocycles. The van der Waals surface area contributed by atoms with Gasteiger partial charge < -0.3 is 4.98 Å². The molecule has 1 aromatic rings.